The molecule has 0 radical (unpaired) electrons. The highest BCUT2D eigenvalue weighted by atomic mass is 16.5. The lowest BCUT2D eigenvalue weighted by Crippen LogP contribution is -2.50. The summed E-state index contributed by atoms with van der Waals surface area (Å²) in [5.41, 5.74) is 0.667. The molecule has 3 rings (SSSR count). The van der Waals surface area contributed by atoms with E-state index >= 15 is 0 Å². The fourth-order valence-electron chi connectivity index (χ4n) is 3.39. The van der Waals surface area contributed by atoms with Crippen LogP contribution in [0.5, 0.6) is 0 Å². The van der Waals surface area contributed by atoms with E-state index in [2.05, 4.69) is 47.9 Å². The number of aliphatic imine (C=N–C) groups is 1. The number of carbonyl (C=O) groups excluding carboxylic acids is 1. The molecule has 1 aliphatic heterocycles. The second-order valence-electron chi connectivity index (χ2n) is 7.52. The molecule has 3 N–H and O–H groups in total. The van der Waals surface area contributed by atoms with E-state index in [0.717, 1.165) is 44.9 Å². The van der Waals surface area contributed by atoms with Gasteiger partial charge in [0.05, 0.1) is 6.54 Å². The number of rotatable bonds is 9. The molecule has 2 aromatic heterocycles. The lowest BCUT2D eigenvalue weighted by atomic mass is 10.1. The largest absolute Gasteiger partial charge is 0.356 e. The zero-order chi connectivity index (χ0) is 21.9. The molecule has 10 nitrogen and oxygen atoms in total. The van der Waals surface area contributed by atoms with E-state index in [1.54, 1.807) is 13.2 Å². The van der Waals surface area contributed by atoms with Crippen LogP contribution in [0.1, 0.15) is 32.0 Å². The highest BCUT2D eigenvalue weighted by molar-refractivity contribution is 5.80. The molecule has 1 saturated heterocycles. The number of nitrogens with one attached hydrogen (secondary N) is 3. The number of guanidine groups is 1. The number of hydrogen-bond donors (Lipinski definition) is 3. The molecule has 1 aliphatic rings. The second-order valence-corrected chi connectivity index (χ2v) is 7.52. The van der Waals surface area contributed by atoms with E-state index in [1.165, 1.54) is 0 Å². The van der Waals surface area contributed by atoms with Crippen LogP contribution < -0.4 is 16.0 Å². The predicted octanol–water partition coefficient (Wildman–Crippen LogP) is 0.830. The Morgan fingerprint density at radius 1 is 1.26 bits per heavy atom. The molecular weight excluding hydrogens is 396 g/mol. The highest BCUT2D eigenvalue weighted by Crippen LogP contribution is 2.13. The van der Waals surface area contributed by atoms with E-state index in [-0.39, 0.29) is 5.91 Å². The van der Waals surface area contributed by atoms with Crippen molar-refractivity contribution in [2.45, 2.75) is 38.6 Å². The zero-order valence-electron chi connectivity index (χ0n) is 18.3. The molecule has 0 spiro atoms. The minimum absolute atomic E-state index is 0.110. The molecule has 1 fully saturated rings. The van der Waals surface area contributed by atoms with Gasteiger partial charge in [-0.15, -0.1) is 0 Å². The first-order valence-corrected chi connectivity index (χ1v) is 10.9. The molecule has 2 aromatic rings. The minimum atomic E-state index is 0.110. The highest BCUT2D eigenvalue weighted by Gasteiger charge is 2.21. The van der Waals surface area contributed by atoms with Crippen molar-refractivity contribution >= 4 is 11.9 Å². The molecule has 0 aliphatic carbocycles. The average Bonchev–Trinajstić information content (AvgIpc) is 3.28. The Morgan fingerprint density at radius 3 is 2.81 bits per heavy atom. The summed E-state index contributed by atoms with van der Waals surface area (Å²) in [6.45, 7) is 5.70. The Morgan fingerprint density at radius 2 is 2.10 bits per heavy atom. The van der Waals surface area contributed by atoms with Crippen molar-refractivity contribution in [3.05, 3.63) is 30.2 Å². The number of nitrogens with zero attached hydrogens (tertiary/aromatic N) is 5. The van der Waals surface area contributed by atoms with Crippen molar-refractivity contribution < 1.29 is 9.32 Å². The summed E-state index contributed by atoms with van der Waals surface area (Å²) in [6.07, 6.45) is 5.21. The van der Waals surface area contributed by atoms with Crippen LogP contribution in [0.4, 0.5) is 0 Å². The number of pyridine rings is 1. The maximum absolute atomic E-state index is 11.9. The number of hydrogen-bond acceptors (Lipinski definition) is 7. The summed E-state index contributed by atoms with van der Waals surface area (Å²) in [5.74, 6) is 1.91. The number of carbonyl (C=O) groups is 1. The van der Waals surface area contributed by atoms with Gasteiger partial charge in [-0.2, -0.15) is 4.98 Å². The molecule has 1 amide bonds. The van der Waals surface area contributed by atoms with Gasteiger partial charge in [0.2, 0.25) is 5.91 Å². The van der Waals surface area contributed by atoms with E-state index in [1.807, 2.05) is 18.2 Å². The van der Waals surface area contributed by atoms with Crippen molar-refractivity contribution in [1.29, 1.82) is 0 Å². The predicted molar refractivity (Wildman–Crippen MR) is 118 cm³/mol. The first kappa shape index (κ1) is 22.7. The van der Waals surface area contributed by atoms with Crippen LogP contribution >= 0.6 is 0 Å². The maximum Gasteiger partial charge on any atom is 0.276 e. The first-order valence-electron chi connectivity index (χ1n) is 10.9. The summed E-state index contributed by atoms with van der Waals surface area (Å²) >= 11 is 0. The number of aromatic nitrogens is 3. The SMILES string of the molecule is CCCNC(=O)CN1CCC(NC(=NC)NCCc2noc(-c3ccccn3)n2)CC1. The summed E-state index contributed by atoms with van der Waals surface area (Å²) in [7, 11) is 1.76. The van der Waals surface area contributed by atoms with E-state index in [4.69, 9.17) is 4.52 Å². The van der Waals surface area contributed by atoms with Gasteiger partial charge in [0.15, 0.2) is 11.8 Å². The molecule has 31 heavy (non-hydrogen) atoms. The molecule has 0 saturated carbocycles. The standard InChI is InChI=1S/C21H32N8O2/c1-3-10-24-19(30)15-29-13-8-16(9-14-29)26-21(22-2)25-12-7-18-27-20(31-28-18)17-6-4-5-11-23-17/h4-6,11,16H,3,7-10,12-15H2,1-2H3,(H,24,30)(H2,22,25,26). The van der Waals surface area contributed by atoms with Crippen LogP contribution in [0.3, 0.4) is 0 Å². The van der Waals surface area contributed by atoms with Crippen molar-refractivity contribution in [1.82, 2.24) is 36.0 Å². The monoisotopic (exact) mass is 428 g/mol. The van der Waals surface area contributed by atoms with Gasteiger partial charge < -0.3 is 20.5 Å². The molecule has 168 valence electrons. The molecule has 0 aromatic carbocycles. The quantitative estimate of drug-likeness (QED) is 0.397. The Labute approximate surface area is 182 Å². The van der Waals surface area contributed by atoms with E-state index in [9.17, 15) is 4.79 Å². The third kappa shape index (κ3) is 7.32. The lowest BCUT2D eigenvalue weighted by molar-refractivity contribution is -0.122. The van der Waals surface area contributed by atoms with Crippen LogP contribution in [-0.2, 0) is 11.2 Å². The fraction of sp³-hybridized carbons (Fsp3) is 0.571. The van der Waals surface area contributed by atoms with Crippen molar-refractivity contribution in [3.8, 4) is 11.6 Å². The Bertz CT molecular complexity index is 831. The Balaban J connectivity index is 1.36. The zero-order valence-corrected chi connectivity index (χ0v) is 18.3. The summed E-state index contributed by atoms with van der Waals surface area (Å²) in [6, 6.07) is 5.90. The van der Waals surface area contributed by atoms with Gasteiger partial charge in [0, 0.05) is 51.9 Å². The number of piperidine rings is 1. The molecule has 0 bridgehead atoms. The van der Waals surface area contributed by atoms with Gasteiger partial charge in [-0.1, -0.05) is 18.1 Å². The molecule has 0 unspecified atom stereocenters. The normalized spacial score (nSPS) is 15.6. The van der Waals surface area contributed by atoms with Crippen LogP contribution in [0.25, 0.3) is 11.6 Å². The van der Waals surface area contributed by atoms with Crippen molar-refractivity contribution in [2.75, 3.05) is 39.8 Å². The van der Waals surface area contributed by atoms with Gasteiger partial charge in [-0.05, 0) is 31.4 Å². The first-order chi connectivity index (χ1) is 15.2. The number of amides is 1. The third-order valence-corrected chi connectivity index (χ3v) is 5.08. The summed E-state index contributed by atoms with van der Waals surface area (Å²) in [4.78, 5) is 27.0. The van der Waals surface area contributed by atoms with Gasteiger partial charge in [-0.3, -0.25) is 19.7 Å². The smallest absolute Gasteiger partial charge is 0.276 e. The Kier molecular flexibility index (Phi) is 8.77. The van der Waals surface area contributed by atoms with Gasteiger partial charge in [0.1, 0.15) is 5.69 Å². The van der Waals surface area contributed by atoms with E-state index in [0.29, 0.717) is 43.0 Å². The van der Waals surface area contributed by atoms with Gasteiger partial charge in [0.25, 0.3) is 5.89 Å². The fourth-order valence-corrected chi connectivity index (χ4v) is 3.39. The van der Waals surface area contributed by atoms with Crippen LogP contribution in [-0.4, -0.2) is 77.7 Å². The average molecular weight is 429 g/mol. The van der Waals surface area contributed by atoms with Gasteiger partial charge >= 0.3 is 0 Å². The van der Waals surface area contributed by atoms with Crippen molar-refractivity contribution in [3.63, 3.8) is 0 Å². The van der Waals surface area contributed by atoms with E-state index < -0.39 is 0 Å². The molecule has 10 heteroatoms. The molecular formula is C21H32N8O2. The van der Waals surface area contributed by atoms with Crippen LogP contribution in [0.15, 0.2) is 33.9 Å². The second kappa shape index (κ2) is 12.0. The number of likely N-dealkylation sites (tertiary alicyclic amines) is 1. The van der Waals surface area contributed by atoms with Crippen molar-refractivity contribution in [2.24, 2.45) is 4.99 Å². The minimum Gasteiger partial charge on any atom is -0.356 e. The third-order valence-electron chi connectivity index (χ3n) is 5.08. The summed E-state index contributed by atoms with van der Waals surface area (Å²) in [5, 5.41) is 13.7. The summed E-state index contributed by atoms with van der Waals surface area (Å²) < 4.78 is 5.28. The topological polar surface area (TPSA) is 121 Å². The Hall–Kier alpha value is -3.01. The molecule has 0 atom stereocenters. The van der Waals surface area contributed by atoms with Crippen LogP contribution in [0, 0.1) is 0 Å². The lowest BCUT2D eigenvalue weighted by Gasteiger charge is -2.32. The molecule has 3 heterocycles. The maximum atomic E-state index is 11.9. The van der Waals surface area contributed by atoms with Crippen LogP contribution in [0.2, 0.25) is 0 Å². The van der Waals surface area contributed by atoms with Gasteiger partial charge in [-0.25, -0.2) is 0 Å².